The molecule has 2 rings (SSSR count). The molecule has 0 spiro atoms. The van der Waals surface area contributed by atoms with Crippen LogP contribution in [-0.4, -0.2) is 23.4 Å². The van der Waals surface area contributed by atoms with Gasteiger partial charge in [0.05, 0.1) is 5.71 Å². The molecule has 1 heterocycles. The van der Waals surface area contributed by atoms with Crippen LogP contribution in [0, 0.1) is 0 Å². The number of carbonyl (C=O) groups is 1. The number of hydrogen-bond donors (Lipinski definition) is 2. The third-order valence-electron chi connectivity index (χ3n) is 2.97. The van der Waals surface area contributed by atoms with Gasteiger partial charge in [0.15, 0.2) is 0 Å². The van der Waals surface area contributed by atoms with Crippen LogP contribution in [0.3, 0.4) is 0 Å². The van der Waals surface area contributed by atoms with E-state index in [1.807, 2.05) is 0 Å². The second-order valence-corrected chi connectivity index (χ2v) is 4.39. The Morgan fingerprint density at radius 1 is 0.938 bits per heavy atom. The highest BCUT2D eigenvalue weighted by molar-refractivity contribution is 5.84. The van der Waals surface area contributed by atoms with E-state index in [1.54, 1.807) is 0 Å². The number of amides is 1. The number of carbonyl (C=O) groups excluding carboxylic acids is 1. The molecule has 16 heavy (non-hydrogen) atoms. The van der Waals surface area contributed by atoms with E-state index in [9.17, 15) is 4.79 Å². The first-order chi connectivity index (χ1) is 7.83. The fraction of sp³-hybridized carbons (Fsp3) is 0.833. The number of hydrogen-bond acceptors (Lipinski definition) is 3. The van der Waals surface area contributed by atoms with Gasteiger partial charge in [0.25, 0.3) is 0 Å². The van der Waals surface area contributed by atoms with Gasteiger partial charge >= 0.3 is 0 Å². The van der Waals surface area contributed by atoms with Gasteiger partial charge in [0.1, 0.15) is 0 Å². The molecule has 1 saturated carbocycles. The summed E-state index contributed by atoms with van der Waals surface area (Å²) in [5.74, 6) is 0.225. The van der Waals surface area contributed by atoms with E-state index in [0.29, 0.717) is 0 Å². The largest absolute Gasteiger partial charge is 0.411 e. The van der Waals surface area contributed by atoms with Crippen molar-refractivity contribution >= 4 is 11.6 Å². The molecular formula is C12H22N2O2. The highest BCUT2D eigenvalue weighted by Gasteiger charge is 2.05. The minimum atomic E-state index is 0.225. The van der Waals surface area contributed by atoms with Crippen LogP contribution in [0.1, 0.15) is 57.8 Å². The minimum Gasteiger partial charge on any atom is -0.411 e. The van der Waals surface area contributed by atoms with Crippen molar-refractivity contribution in [3.8, 4) is 0 Å². The predicted molar refractivity (Wildman–Crippen MR) is 63.8 cm³/mol. The van der Waals surface area contributed by atoms with Gasteiger partial charge in [-0.3, -0.25) is 4.79 Å². The molecule has 1 aliphatic heterocycles. The average molecular weight is 226 g/mol. The van der Waals surface area contributed by atoms with E-state index in [-0.39, 0.29) is 5.91 Å². The fourth-order valence-electron chi connectivity index (χ4n) is 1.96. The first kappa shape index (κ1) is 13.0. The van der Waals surface area contributed by atoms with Gasteiger partial charge in [-0.15, -0.1) is 0 Å². The third kappa shape index (κ3) is 5.73. The van der Waals surface area contributed by atoms with Crippen LogP contribution in [0.4, 0.5) is 0 Å². The van der Waals surface area contributed by atoms with Crippen LogP contribution in [0.5, 0.6) is 0 Å². The highest BCUT2D eigenvalue weighted by Crippen LogP contribution is 2.13. The quantitative estimate of drug-likeness (QED) is 0.492. The lowest BCUT2D eigenvalue weighted by Gasteiger charge is -2.08. The number of rotatable bonds is 0. The van der Waals surface area contributed by atoms with Gasteiger partial charge in [-0.25, -0.2) is 0 Å². The summed E-state index contributed by atoms with van der Waals surface area (Å²) < 4.78 is 0. The van der Waals surface area contributed by atoms with E-state index in [2.05, 4.69) is 10.5 Å². The van der Waals surface area contributed by atoms with Crippen molar-refractivity contribution in [1.29, 1.82) is 0 Å². The van der Waals surface area contributed by atoms with Gasteiger partial charge in [-0.2, -0.15) is 0 Å². The molecule has 0 aromatic carbocycles. The summed E-state index contributed by atoms with van der Waals surface area (Å²) in [6, 6.07) is 0. The normalized spacial score (nSPS) is 21.2. The Bertz CT molecular complexity index is 221. The summed E-state index contributed by atoms with van der Waals surface area (Å²) in [6.07, 6.45) is 9.92. The Morgan fingerprint density at radius 3 is 2.19 bits per heavy atom. The molecule has 2 aliphatic rings. The van der Waals surface area contributed by atoms with Crippen molar-refractivity contribution in [1.82, 2.24) is 5.32 Å². The Labute approximate surface area is 97.1 Å². The van der Waals surface area contributed by atoms with Crippen molar-refractivity contribution in [2.75, 3.05) is 6.54 Å². The van der Waals surface area contributed by atoms with Crippen molar-refractivity contribution in [3.63, 3.8) is 0 Å². The van der Waals surface area contributed by atoms with Crippen molar-refractivity contribution < 1.29 is 10.0 Å². The van der Waals surface area contributed by atoms with E-state index in [4.69, 9.17) is 5.21 Å². The molecule has 0 bridgehead atoms. The standard InChI is InChI=1S/2C6H11NO/c8-6-4-2-1-3-5-7-6;8-7-6-4-2-1-3-5-6/h1-5H2,(H,7,8);8H,1-5H2. The maximum atomic E-state index is 10.6. The summed E-state index contributed by atoms with van der Waals surface area (Å²) in [7, 11) is 0. The molecule has 0 aromatic rings. The summed E-state index contributed by atoms with van der Waals surface area (Å²) in [6.45, 7) is 0.888. The topological polar surface area (TPSA) is 61.7 Å². The van der Waals surface area contributed by atoms with E-state index >= 15 is 0 Å². The highest BCUT2D eigenvalue weighted by atomic mass is 16.4. The van der Waals surface area contributed by atoms with Gasteiger partial charge in [-0.05, 0) is 38.5 Å². The van der Waals surface area contributed by atoms with Gasteiger partial charge < -0.3 is 10.5 Å². The molecule has 2 fully saturated rings. The molecule has 4 heteroatoms. The Balaban J connectivity index is 0.000000160. The fourth-order valence-corrected chi connectivity index (χ4v) is 1.96. The van der Waals surface area contributed by atoms with Crippen LogP contribution < -0.4 is 5.32 Å². The van der Waals surface area contributed by atoms with Crippen molar-refractivity contribution in [2.45, 2.75) is 57.8 Å². The maximum absolute atomic E-state index is 10.6. The van der Waals surface area contributed by atoms with E-state index in [1.165, 1.54) is 25.7 Å². The maximum Gasteiger partial charge on any atom is 0.219 e. The molecule has 1 aliphatic carbocycles. The van der Waals surface area contributed by atoms with Gasteiger partial charge in [-0.1, -0.05) is 18.0 Å². The number of oxime groups is 1. The van der Waals surface area contributed by atoms with Crippen LogP contribution in [0.15, 0.2) is 5.16 Å². The summed E-state index contributed by atoms with van der Waals surface area (Å²) >= 11 is 0. The zero-order valence-corrected chi connectivity index (χ0v) is 9.87. The Morgan fingerprint density at radius 2 is 1.56 bits per heavy atom. The van der Waals surface area contributed by atoms with Crippen LogP contribution >= 0.6 is 0 Å². The lowest BCUT2D eigenvalue weighted by molar-refractivity contribution is -0.120. The molecule has 1 saturated heterocycles. The first-order valence-corrected chi connectivity index (χ1v) is 6.29. The second kappa shape index (κ2) is 8.13. The predicted octanol–water partition coefficient (Wildman–Crippen LogP) is 2.46. The molecule has 1 amide bonds. The van der Waals surface area contributed by atoms with Crippen molar-refractivity contribution in [3.05, 3.63) is 0 Å². The zero-order valence-electron chi connectivity index (χ0n) is 9.87. The van der Waals surface area contributed by atoms with E-state index < -0.39 is 0 Å². The van der Waals surface area contributed by atoms with Crippen molar-refractivity contribution in [2.24, 2.45) is 5.16 Å². The minimum absolute atomic E-state index is 0.225. The zero-order chi connectivity index (χ0) is 11.6. The Kier molecular flexibility index (Phi) is 6.61. The molecule has 0 atom stereocenters. The molecule has 4 nitrogen and oxygen atoms in total. The van der Waals surface area contributed by atoms with Gasteiger partial charge in [0, 0.05) is 13.0 Å². The first-order valence-electron chi connectivity index (χ1n) is 6.29. The summed E-state index contributed by atoms with van der Waals surface area (Å²) in [5, 5.41) is 14.2. The summed E-state index contributed by atoms with van der Waals surface area (Å²) in [4.78, 5) is 10.6. The molecule has 0 aromatic heterocycles. The summed E-state index contributed by atoms with van der Waals surface area (Å²) in [5.41, 5.74) is 0.983. The number of nitrogens with zero attached hydrogens (tertiary/aromatic N) is 1. The number of nitrogens with one attached hydrogen (secondary N) is 1. The lowest BCUT2D eigenvalue weighted by Crippen LogP contribution is -2.21. The molecule has 92 valence electrons. The van der Waals surface area contributed by atoms with Crippen LogP contribution in [0.2, 0.25) is 0 Å². The van der Waals surface area contributed by atoms with Crippen LogP contribution in [0.25, 0.3) is 0 Å². The second-order valence-electron chi connectivity index (χ2n) is 4.39. The molecule has 0 unspecified atom stereocenters. The van der Waals surface area contributed by atoms with Crippen LogP contribution in [-0.2, 0) is 4.79 Å². The lowest BCUT2D eigenvalue weighted by atomic mass is 9.99. The molecule has 0 radical (unpaired) electrons. The molecule has 2 N–H and O–H groups in total. The van der Waals surface area contributed by atoms with E-state index in [0.717, 1.165) is 44.4 Å². The average Bonchev–Trinajstić information content (AvgIpc) is 2.59. The third-order valence-corrected chi connectivity index (χ3v) is 2.97. The smallest absolute Gasteiger partial charge is 0.219 e. The van der Waals surface area contributed by atoms with Gasteiger partial charge in [0.2, 0.25) is 5.91 Å². The SMILES string of the molecule is O=C1CCCCCN1.ON=C1CCCCC1. The Hall–Kier alpha value is -1.06. The molecular weight excluding hydrogens is 204 g/mol. The monoisotopic (exact) mass is 226 g/mol.